The number of hydrogen-bond donors (Lipinski definition) is 0. The first kappa shape index (κ1) is 17.7. The van der Waals surface area contributed by atoms with Gasteiger partial charge in [-0.1, -0.05) is 15.9 Å². The van der Waals surface area contributed by atoms with Crippen molar-refractivity contribution in [3.63, 3.8) is 0 Å². The Morgan fingerprint density at radius 1 is 1.25 bits per heavy atom. The van der Waals surface area contributed by atoms with Gasteiger partial charge >= 0.3 is 5.97 Å². The largest absolute Gasteiger partial charge is 0.496 e. The molecule has 0 saturated heterocycles. The van der Waals surface area contributed by atoms with Gasteiger partial charge in [0, 0.05) is 28.2 Å². The molecule has 0 atom stereocenters. The number of benzene rings is 2. The lowest BCUT2D eigenvalue weighted by Gasteiger charge is -2.08. The van der Waals surface area contributed by atoms with Crippen molar-refractivity contribution in [1.82, 2.24) is 0 Å². The maximum atomic E-state index is 11.8. The summed E-state index contributed by atoms with van der Waals surface area (Å²) in [5, 5.41) is 10.6. The van der Waals surface area contributed by atoms with E-state index in [0.717, 1.165) is 10.0 Å². The van der Waals surface area contributed by atoms with E-state index >= 15 is 0 Å². The third-order valence-electron chi connectivity index (χ3n) is 3.13. The van der Waals surface area contributed by atoms with Gasteiger partial charge in [-0.3, -0.25) is 10.1 Å². The number of halogens is 1. The van der Waals surface area contributed by atoms with Crippen LogP contribution in [0.25, 0.3) is 6.08 Å². The average molecular weight is 392 g/mol. The summed E-state index contributed by atoms with van der Waals surface area (Å²) in [6.45, 7) is 0.0754. The van der Waals surface area contributed by atoms with Crippen molar-refractivity contribution < 1.29 is 19.2 Å². The van der Waals surface area contributed by atoms with Gasteiger partial charge in [0.2, 0.25) is 0 Å². The fourth-order valence-electron chi connectivity index (χ4n) is 1.93. The summed E-state index contributed by atoms with van der Waals surface area (Å²) in [6.07, 6.45) is 2.80. The smallest absolute Gasteiger partial charge is 0.331 e. The standard InChI is InChI=1S/C17H14BrNO5/c1-23-16-8-5-14(18)10-13(16)11-24-17(20)9-4-12-2-6-15(7-3-12)19(21)22/h2-10H,11H2,1H3/b9-4+. The van der Waals surface area contributed by atoms with E-state index < -0.39 is 10.9 Å². The number of carbonyl (C=O) groups excluding carboxylic acids is 1. The quantitative estimate of drug-likeness (QED) is 0.320. The van der Waals surface area contributed by atoms with Gasteiger partial charge in [-0.2, -0.15) is 0 Å². The maximum absolute atomic E-state index is 11.8. The van der Waals surface area contributed by atoms with Gasteiger partial charge in [0.05, 0.1) is 12.0 Å². The van der Waals surface area contributed by atoms with Crippen LogP contribution in [0, 0.1) is 10.1 Å². The van der Waals surface area contributed by atoms with E-state index in [4.69, 9.17) is 9.47 Å². The summed E-state index contributed by atoms with van der Waals surface area (Å²) in [5.41, 5.74) is 1.40. The zero-order valence-electron chi connectivity index (χ0n) is 12.8. The predicted octanol–water partition coefficient (Wildman–Crippen LogP) is 4.12. The molecule has 0 fully saturated rings. The molecule has 0 bridgehead atoms. The molecule has 2 rings (SSSR count). The van der Waals surface area contributed by atoms with Gasteiger partial charge in [-0.25, -0.2) is 4.79 Å². The zero-order valence-corrected chi connectivity index (χ0v) is 14.4. The lowest BCUT2D eigenvalue weighted by molar-refractivity contribution is -0.384. The van der Waals surface area contributed by atoms with Crippen LogP contribution in [0.5, 0.6) is 5.75 Å². The van der Waals surface area contributed by atoms with Crippen molar-refractivity contribution in [1.29, 1.82) is 0 Å². The number of non-ortho nitro benzene ring substituents is 1. The summed E-state index contributed by atoms with van der Waals surface area (Å²) in [7, 11) is 1.54. The molecule has 0 aliphatic rings. The minimum absolute atomic E-state index is 0.00326. The minimum Gasteiger partial charge on any atom is -0.496 e. The Morgan fingerprint density at radius 3 is 2.58 bits per heavy atom. The second-order valence-electron chi connectivity index (χ2n) is 4.75. The topological polar surface area (TPSA) is 78.7 Å². The Kier molecular flexibility index (Phi) is 6.08. The Balaban J connectivity index is 1.96. The highest BCUT2D eigenvalue weighted by Crippen LogP contribution is 2.23. The molecule has 0 aliphatic carbocycles. The summed E-state index contributed by atoms with van der Waals surface area (Å²) < 4.78 is 11.2. The van der Waals surface area contributed by atoms with Gasteiger partial charge in [0.1, 0.15) is 12.4 Å². The summed E-state index contributed by atoms with van der Waals surface area (Å²) in [5.74, 6) is 0.112. The molecule has 2 aromatic rings. The Labute approximate surface area is 147 Å². The first-order chi connectivity index (χ1) is 11.5. The number of rotatable bonds is 6. The molecule has 0 aliphatic heterocycles. The molecule has 0 N–H and O–H groups in total. The lowest BCUT2D eigenvalue weighted by atomic mass is 10.2. The maximum Gasteiger partial charge on any atom is 0.331 e. The number of ether oxygens (including phenoxy) is 2. The molecule has 124 valence electrons. The molecule has 0 aromatic heterocycles. The Morgan fingerprint density at radius 2 is 1.96 bits per heavy atom. The Bertz CT molecular complexity index is 771. The van der Waals surface area contributed by atoms with Gasteiger partial charge in [-0.15, -0.1) is 0 Å². The van der Waals surface area contributed by atoms with Crippen molar-refractivity contribution in [2.45, 2.75) is 6.61 Å². The van der Waals surface area contributed by atoms with E-state index in [1.54, 1.807) is 25.3 Å². The van der Waals surface area contributed by atoms with Crippen LogP contribution < -0.4 is 4.74 Å². The summed E-state index contributed by atoms with van der Waals surface area (Å²) >= 11 is 3.35. The molecular formula is C17H14BrNO5. The van der Waals surface area contributed by atoms with E-state index in [0.29, 0.717) is 11.3 Å². The van der Waals surface area contributed by atoms with Crippen LogP contribution >= 0.6 is 15.9 Å². The van der Waals surface area contributed by atoms with Crippen LogP contribution in [0.4, 0.5) is 5.69 Å². The van der Waals surface area contributed by atoms with Gasteiger partial charge in [0.15, 0.2) is 0 Å². The monoisotopic (exact) mass is 391 g/mol. The molecule has 0 amide bonds. The lowest BCUT2D eigenvalue weighted by Crippen LogP contribution is -2.02. The van der Waals surface area contributed by atoms with Crippen LogP contribution in [0.1, 0.15) is 11.1 Å². The number of nitro benzene ring substituents is 1. The molecule has 0 spiro atoms. The molecule has 7 heteroatoms. The highest BCUT2D eigenvalue weighted by molar-refractivity contribution is 9.10. The number of carbonyl (C=O) groups is 1. The highest BCUT2D eigenvalue weighted by atomic mass is 79.9. The number of nitro groups is 1. The molecule has 0 unspecified atom stereocenters. The highest BCUT2D eigenvalue weighted by Gasteiger charge is 2.07. The van der Waals surface area contributed by atoms with Crippen molar-refractivity contribution in [2.75, 3.05) is 7.11 Å². The van der Waals surface area contributed by atoms with E-state index in [2.05, 4.69) is 15.9 Å². The van der Waals surface area contributed by atoms with Crippen LogP contribution in [-0.2, 0) is 16.1 Å². The first-order valence-electron chi connectivity index (χ1n) is 6.91. The average Bonchev–Trinajstić information content (AvgIpc) is 2.58. The number of nitrogens with zero attached hydrogens (tertiary/aromatic N) is 1. The Hall–Kier alpha value is -2.67. The van der Waals surface area contributed by atoms with Crippen molar-refractivity contribution >= 4 is 33.7 Å². The van der Waals surface area contributed by atoms with E-state index in [1.807, 2.05) is 12.1 Å². The van der Waals surface area contributed by atoms with Crippen LogP contribution in [0.2, 0.25) is 0 Å². The summed E-state index contributed by atoms with van der Waals surface area (Å²) in [4.78, 5) is 21.9. The fraction of sp³-hybridized carbons (Fsp3) is 0.118. The third kappa shape index (κ3) is 4.92. The zero-order chi connectivity index (χ0) is 17.5. The first-order valence-corrected chi connectivity index (χ1v) is 7.70. The molecule has 24 heavy (non-hydrogen) atoms. The van der Waals surface area contributed by atoms with Crippen molar-refractivity contribution in [3.8, 4) is 5.75 Å². The van der Waals surface area contributed by atoms with Crippen LogP contribution in [0.15, 0.2) is 53.0 Å². The summed E-state index contributed by atoms with van der Waals surface area (Å²) in [6, 6.07) is 11.3. The van der Waals surface area contributed by atoms with Crippen LogP contribution in [0.3, 0.4) is 0 Å². The van der Waals surface area contributed by atoms with Gasteiger partial charge in [0.25, 0.3) is 5.69 Å². The second kappa shape index (κ2) is 8.26. The van der Waals surface area contributed by atoms with E-state index in [1.165, 1.54) is 24.3 Å². The number of hydrogen-bond acceptors (Lipinski definition) is 5. The van der Waals surface area contributed by atoms with Crippen molar-refractivity contribution in [2.24, 2.45) is 0 Å². The molecular weight excluding hydrogens is 378 g/mol. The predicted molar refractivity (Wildman–Crippen MR) is 92.6 cm³/mol. The molecule has 2 aromatic carbocycles. The van der Waals surface area contributed by atoms with E-state index in [9.17, 15) is 14.9 Å². The molecule has 0 radical (unpaired) electrons. The number of methoxy groups -OCH3 is 1. The van der Waals surface area contributed by atoms with Gasteiger partial charge in [-0.05, 0) is 42.0 Å². The normalized spacial score (nSPS) is 10.6. The van der Waals surface area contributed by atoms with Crippen LogP contribution in [-0.4, -0.2) is 18.0 Å². The minimum atomic E-state index is -0.518. The van der Waals surface area contributed by atoms with E-state index in [-0.39, 0.29) is 12.3 Å². The SMILES string of the molecule is COc1ccc(Br)cc1COC(=O)/C=C/c1ccc([N+](=O)[O-])cc1. The molecule has 0 heterocycles. The fourth-order valence-corrected chi connectivity index (χ4v) is 2.34. The molecule has 0 saturated carbocycles. The van der Waals surface area contributed by atoms with Gasteiger partial charge < -0.3 is 9.47 Å². The third-order valence-corrected chi connectivity index (χ3v) is 3.62. The number of esters is 1. The second-order valence-corrected chi connectivity index (χ2v) is 5.66. The van der Waals surface area contributed by atoms with Crippen molar-refractivity contribution in [3.05, 3.63) is 74.3 Å². The molecule has 6 nitrogen and oxygen atoms in total.